The summed E-state index contributed by atoms with van der Waals surface area (Å²) < 4.78 is 0. The molecule has 0 saturated carbocycles. The van der Waals surface area contributed by atoms with Gasteiger partial charge in [-0.25, -0.2) is 9.59 Å². The first kappa shape index (κ1) is 14.2. The molecule has 2 atom stereocenters. The second-order valence-electron chi connectivity index (χ2n) is 4.25. The van der Waals surface area contributed by atoms with Crippen LogP contribution in [0.5, 0.6) is 0 Å². The van der Waals surface area contributed by atoms with Crippen molar-refractivity contribution < 1.29 is 24.6 Å². The van der Waals surface area contributed by atoms with Gasteiger partial charge in [0.1, 0.15) is 6.04 Å². The number of primary amides is 1. The predicted octanol–water partition coefficient (Wildman–Crippen LogP) is -1.52. The summed E-state index contributed by atoms with van der Waals surface area (Å²) in [6.45, 7) is 0.612. The lowest BCUT2D eigenvalue weighted by Gasteiger charge is -2.31. The van der Waals surface area contributed by atoms with Crippen LogP contribution in [0.2, 0.25) is 0 Å². The number of likely N-dealkylation sites (tertiary alicyclic amines) is 1. The average molecular weight is 259 g/mol. The lowest BCUT2D eigenvalue weighted by molar-refractivity contribution is -0.141. The number of carboxylic acid groups (broad SMARTS) is 1. The lowest BCUT2D eigenvalue weighted by atomic mass is 10.1. The Labute approximate surface area is 104 Å². The van der Waals surface area contributed by atoms with Crippen molar-refractivity contribution >= 4 is 17.9 Å². The highest BCUT2D eigenvalue weighted by Crippen LogP contribution is 2.10. The first-order valence-electron chi connectivity index (χ1n) is 5.64. The standard InChI is InChI=1S/C10H17N3O5/c11-8(15)4-7(9(16)17)12-10(18)13-3-1-2-6(14)5-13/h6-7,14H,1-5H2,(H2,11,15)(H,12,18)(H,16,17). The molecular formula is C10H17N3O5. The summed E-state index contributed by atoms with van der Waals surface area (Å²) in [5.41, 5.74) is 4.90. The van der Waals surface area contributed by atoms with Crippen LogP contribution >= 0.6 is 0 Å². The zero-order chi connectivity index (χ0) is 13.7. The number of urea groups is 1. The molecule has 0 radical (unpaired) electrons. The van der Waals surface area contributed by atoms with Crippen LogP contribution in [0, 0.1) is 0 Å². The molecule has 0 aromatic rings. The number of aliphatic hydroxyl groups is 1. The van der Waals surface area contributed by atoms with Gasteiger partial charge in [0.05, 0.1) is 12.5 Å². The van der Waals surface area contributed by atoms with E-state index < -0.39 is 36.5 Å². The summed E-state index contributed by atoms with van der Waals surface area (Å²) in [7, 11) is 0. The van der Waals surface area contributed by atoms with Crippen LogP contribution in [0.3, 0.4) is 0 Å². The number of hydrogen-bond donors (Lipinski definition) is 4. The van der Waals surface area contributed by atoms with Gasteiger partial charge in [0, 0.05) is 13.1 Å². The smallest absolute Gasteiger partial charge is 0.326 e. The van der Waals surface area contributed by atoms with E-state index in [1.54, 1.807) is 0 Å². The maximum Gasteiger partial charge on any atom is 0.326 e. The van der Waals surface area contributed by atoms with Crippen molar-refractivity contribution in [1.82, 2.24) is 10.2 Å². The third-order valence-electron chi connectivity index (χ3n) is 2.68. The van der Waals surface area contributed by atoms with E-state index in [0.29, 0.717) is 19.4 Å². The first-order chi connectivity index (χ1) is 8.40. The van der Waals surface area contributed by atoms with Crippen molar-refractivity contribution in [3.63, 3.8) is 0 Å². The molecule has 0 aromatic heterocycles. The van der Waals surface area contributed by atoms with Gasteiger partial charge < -0.3 is 26.2 Å². The van der Waals surface area contributed by atoms with E-state index in [0.717, 1.165) is 0 Å². The summed E-state index contributed by atoms with van der Waals surface area (Å²) in [5, 5.41) is 20.4. The third kappa shape index (κ3) is 4.21. The lowest BCUT2D eigenvalue weighted by Crippen LogP contribution is -2.52. The minimum Gasteiger partial charge on any atom is -0.480 e. The van der Waals surface area contributed by atoms with Gasteiger partial charge >= 0.3 is 12.0 Å². The van der Waals surface area contributed by atoms with Crippen LogP contribution < -0.4 is 11.1 Å². The van der Waals surface area contributed by atoms with E-state index in [4.69, 9.17) is 10.8 Å². The zero-order valence-electron chi connectivity index (χ0n) is 9.83. The van der Waals surface area contributed by atoms with Crippen molar-refractivity contribution in [2.24, 2.45) is 5.73 Å². The summed E-state index contributed by atoms with van der Waals surface area (Å²) in [6, 6.07) is -1.95. The van der Waals surface area contributed by atoms with Crippen LogP contribution in [0.4, 0.5) is 4.79 Å². The minimum atomic E-state index is -1.34. The number of carbonyl (C=O) groups excluding carboxylic acids is 2. The average Bonchev–Trinajstić information content (AvgIpc) is 2.27. The van der Waals surface area contributed by atoms with E-state index >= 15 is 0 Å². The number of carbonyl (C=O) groups is 3. The van der Waals surface area contributed by atoms with Crippen LogP contribution in [0.1, 0.15) is 19.3 Å². The SMILES string of the molecule is NC(=O)CC(NC(=O)N1CCCC(O)C1)C(=O)O. The number of amides is 3. The van der Waals surface area contributed by atoms with Gasteiger partial charge in [-0.1, -0.05) is 0 Å². The highest BCUT2D eigenvalue weighted by atomic mass is 16.4. The van der Waals surface area contributed by atoms with Crippen molar-refractivity contribution in [3.8, 4) is 0 Å². The fourth-order valence-corrected chi connectivity index (χ4v) is 1.78. The van der Waals surface area contributed by atoms with Crippen LogP contribution in [0.15, 0.2) is 0 Å². The Kier molecular flexibility index (Phi) is 4.90. The largest absolute Gasteiger partial charge is 0.480 e. The molecule has 0 aliphatic carbocycles. The maximum absolute atomic E-state index is 11.7. The molecule has 5 N–H and O–H groups in total. The first-order valence-corrected chi connectivity index (χ1v) is 5.64. The third-order valence-corrected chi connectivity index (χ3v) is 2.68. The minimum absolute atomic E-state index is 0.161. The van der Waals surface area contributed by atoms with Gasteiger partial charge in [0.2, 0.25) is 5.91 Å². The Morgan fingerprint density at radius 3 is 2.61 bits per heavy atom. The van der Waals surface area contributed by atoms with Gasteiger partial charge in [0.25, 0.3) is 0 Å². The van der Waals surface area contributed by atoms with E-state index in [9.17, 15) is 19.5 Å². The van der Waals surface area contributed by atoms with Crippen LogP contribution in [-0.2, 0) is 9.59 Å². The van der Waals surface area contributed by atoms with Gasteiger partial charge in [-0.05, 0) is 12.8 Å². The number of aliphatic hydroxyl groups excluding tert-OH is 1. The van der Waals surface area contributed by atoms with Gasteiger partial charge in [-0.2, -0.15) is 0 Å². The zero-order valence-corrected chi connectivity index (χ0v) is 9.83. The predicted molar refractivity (Wildman–Crippen MR) is 60.6 cm³/mol. The molecule has 18 heavy (non-hydrogen) atoms. The summed E-state index contributed by atoms with van der Waals surface area (Å²) in [6.07, 6.45) is 0.219. The molecule has 8 nitrogen and oxygen atoms in total. The van der Waals surface area contributed by atoms with Gasteiger partial charge in [0.15, 0.2) is 0 Å². The molecule has 1 aliphatic heterocycles. The molecule has 1 saturated heterocycles. The molecule has 0 aromatic carbocycles. The summed E-state index contributed by atoms with van der Waals surface area (Å²) >= 11 is 0. The molecule has 8 heteroatoms. The molecule has 0 spiro atoms. The number of nitrogens with one attached hydrogen (secondary N) is 1. The normalized spacial score (nSPS) is 21.2. The fraction of sp³-hybridized carbons (Fsp3) is 0.700. The molecule has 2 unspecified atom stereocenters. The number of hydrogen-bond acceptors (Lipinski definition) is 4. The van der Waals surface area contributed by atoms with Crippen LogP contribution in [0.25, 0.3) is 0 Å². The number of piperidine rings is 1. The second kappa shape index (κ2) is 6.20. The summed E-state index contributed by atoms with van der Waals surface area (Å²) in [5.74, 6) is -2.12. The topological polar surface area (TPSA) is 133 Å². The van der Waals surface area contributed by atoms with E-state index in [1.807, 2.05) is 0 Å². The van der Waals surface area contributed by atoms with E-state index in [2.05, 4.69) is 5.32 Å². The Bertz CT molecular complexity index is 346. The number of rotatable bonds is 4. The van der Waals surface area contributed by atoms with Crippen molar-refractivity contribution in [2.75, 3.05) is 13.1 Å². The quantitative estimate of drug-likeness (QED) is 0.486. The maximum atomic E-state index is 11.7. The summed E-state index contributed by atoms with van der Waals surface area (Å²) in [4.78, 5) is 34.6. The molecular weight excluding hydrogens is 242 g/mol. The second-order valence-corrected chi connectivity index (χ2v) is 4.25. The highest BCUT2D eigenvalue weighted by molar-refractivity contribution is 5.87. The number of nitrogens with two attached hydrogens (primary N) is 1. The molecule has 1 aliphatic rings. The van der Waals surface area contributed by atoms with E-state index in [1.165, 1.54) is 4.90 Å². The molecule has 102 valence electrons. The number of nitrogens with zero attached hydrogens (tertiary/aromatic N) is 1. The number of aliphatic carboxylic acids is 1. The Morgan fingerprint density at radius 1 is 1.44 bits per heavy atom. The fourth-order valence-electron chi connectivity index (χ4n) is 1.78. The monoisotopic (exact) mass is 259 g/mol. The molecule has 1 rings (SSSR count). The Balaban J connectivity index is 2.54. The Hall–Kier alpha value is -1.83. The van der Waals surface area contributed by atoms with Gasteiger partial charge in [-0.3, -0.25) is 4.79 Å². The highest BCUT2D eigenvalue weighted by Gasteiger charge is 2.27. The number of β-amino-alcohol motifs (C(OH)–C–C–N with tert-alkyl or cyclic N) is 1. The number of carboxylic acids is 1. The molecule has 3 amide bonds. The van der Waals surface area contributed by atoms with Crippen molar-refractivity contribution in [1.29, 1.82) is 0 Å². The van der Waals surface area contributed by atoms with Crippen molar-refractivity contribution in [2.45, 2.75) is 31.4 Å². The Morgan fingerprint density at radius 2 is 2.11 bits per heavy atom. The molecule has 0 bridgehead atoms. The molecule has 1 fully saturated rings. The van der Waals surface area contributed by atoms with Crippen LogP contribution in [-0.4, -0.2) is 58.3 Å². The molecule has 1 heterocycles. The van der Waals surface area contributed by atoms with Gasteiger partial charge in [-0.15, -0.1) is 0 Å². The van der Waals surface area contributed by atoms with Crippen molar-refractivity contribution in [3.05, 3.63) is 0 Å². The van der Waals surface area contributed by atoms with E-state index in [-0.39, 0.29) is 6.54 Å².